The Labute approximate surface area is 200 Å². The van der Waals surface area contributed by atoms with Crippen molar-refractivity contribution >= 4 is 38.3 Å². The summed E-state index contributed by atoms with van der Waals surface area (Å²) in [6.45, 7) is 4.19. The number of carbonyl (C=O) groups excluding carboxylic acids is 1. The number of thiazole rings is 1. The van der Waals surface area contributed by atoms with Gasteiger partial charge in [0.15, 0.2) is 16.6 Å². The van der Waals surface area contributed by atoms with E-state index in [0.29, 0.717) is 5.13 Å². The molecule has 174 valence electrons. The van der Waals surface area contributed by atoms with E-state index in [-0.39, 0.29) is 29.3 Å². The molecule has 4 rings (SSSR count). The smallest absolute Gasteiger partial charge is 0.286 e. The number of carbonyl (C=O) groups is 1. The van der Waals surface area contributed by atoms with Crippen LogP contribution in [-0.4, -0.2) is 30.0 Å². The molecular formula is C25H23N3O5S. The highest BCUT2D eigenvalue weighted by molar-refractivity contribution is 7.22. The molecule has 0 fully saturated rings. The lowest BCUT2D eigenvalue weighted by atomic mass is 10.1. The zero-order valence-corrected chi connectivity index (χ0v) is 20.0. The van der Waals surface area contributed by atoms with Gasteiger partial charge in [0.05, 0.1) is 42.0 Å². The summed E-state index contributed by atoms with van der Waals surface area (Å²) >= 11 is 1.38. The van der Waals surface area contributed by atoms with Crippen LogP contribution in [0.2, 0.25) is 0 Å². The molecule has 0 spiro atoms. The second-order valence-corrected chi connectivity index (χ2v) is 8.76. The zero-order valence-electron chi connectivity index (χ0n) is 19.2. The number of ether oxygens (including phenoxy) is 2. The Morgan fingerprint density at radius 3 is 2.38 bits per heavy atom. The third kappa shape index (κ3) is 4.42. The van der Waals surface area contributed by atoms with Gasteiger partial charge in [-0.25, -0.2) is 4.98 Å². The second-order valence-electron chi connectivity index (χ2n) is 7.78. The minimum Gasteiger partial charge on any atom is -0.493 e. The van der Waals surface area contributed by atoms with Crippen molar-refractivity contribution in [2.24, 2.45) is 0 Å². The first kappa shape index (κ1) is 23.2. The van der Waals surface area contributed by atoms with Crippen LogP contribution >= 0.6 is 11.3 Å². The molecule has 0 unspecified atom stereocenters. The van der Waals surface area contributed by atoms with Crippen LogP contribution in [0.4, 0.5) is 10.8 Å². The van der Waals surface area contributed by atoms with E-state index in [0.717, 1.165) is 26.9 Å². The van der Waals surface area contributed by atoms with Crippen LogP contribution in [0.3, 0.4) is 0 Å². The number of nitro benzene ring substituents is 1. The van der Waals surface area contributed by atoms with E-state index in [1.54, 1.807) is 0 Å². The Bertz CT molecular complexity index is 1380. The molecule has 0 aliphatic heterocycles. The van der Waals surface area contributed by atoms with Crippen LogP contribution in [-0.2, 0) is 6.54 Å². The van der Waals surface area contributed by atoms with E-state index in [4.69, 9.17) is 14.5 Å². The average molecular weight is 478 g/mol. The summed E-state index contributed by atoms with van der Waals surface area (Å²) in [6, 6.07) is 16.0. The number of fused-ring (bicyclic) bond motifs is 1. The van der Waals surface area contributed by atoms with Gasteiger partial charge in [0.2, 0.25) is 0 Å². The molecule has 0 aliphatic rings. The van der Waals surface area contributed by atoms with Crippen molar-refractivity contribution in [1.29, 1.82) is 0 Å². The molecule has 0 radical (unpaired) electrons. The summed E-state index contributed by atoms with van der Waals surface area (Å²) in [4.78, 5) is 31.3. The number of nitro groups is 1. The maximum absolute atomic E-state index is 13.9. The minimum absolute atomic E-state index is 0.106. The molecule has 1 amide bonds. The monoisotopic (exact) mass is 477 g/mol. The third-order valence-corrected chi connectivity index (χ3v) is 6.63. The first-order valence-corrected chi connectivity index (χ1v) is 11.3. The number of aryl methyl sites for hydroxylation is 2. The maximum atomic E-state index is 13.9. The Balaban J connectivity index is 1.88. The number of methoxy groups -OCH3 is 2. The number of benzene rings is 3. The van der Waals surface area contributed by atoms with Gasteiger partial charge in [-0.3, -0.25) is 19.8 Å². The Morgan fingerprint density at radius 2 is 1.74 bits per heavy atom. The SMILES string of the molecule is COc1cc(C(=O)N(Cc2ccccc2)c2nc3cc(C)cc(C)c3s2)c([N+](=O)[O-])cc1OC. The molecule has 0 saturated carbocycles. The first-order chi connectivity index (χ1) is 16.3. The summed E-state index contributed by atoms with van der Waals surface area (Å²) in [5.41, 5.74) is 3.30. The Morgan fingerprint density at radius 1 is 1.06 bits per heavy atom. The molecule has 0 bridgehead atoms. The molecule has 1 heterocycles. The van der Waals surface area contributed by atoms with Gasteiger partial charge in [-0.1, -0.05) is 47.7 Å². The number of aromatic nitrogens is 1. The number of nitrogens with zero attached hydrogens (tertiary/aromatic N) is 3. The molecule has 34 heavy (non-hydrogen) atoms. The van der Waals surface area contributed by atoms with Gasteiger partial charge in [0.25, 0.3) is 11.6 Å². The van der Waals surface area contributed by atoms with Crippen LogP contribution in [0.15, 0.2) is 54.6 Å². The molecule has 0 aliphatic carbocycles. The van der Waals surface area contributed by atoms with Crippen molar-refractivity contribution in [3.63, 3.8) is 0 Å². The number of hydrogen-bond acceptors (Lipinski definition) is 7. The van der Waals surface area contributed by atoms with E-state index in [9.17, 15) is 14.9 Å². The van der Waals surface area contributed by atoms with E-state index < -0.39 is 10.8 Å². The lowest BCUT2D eigenvalue weighted by Gasteiger charge is -2.21. The first-order valence-electron chi connectivity index (χ1n) is 10.5. The van der Waals surface area contributed by atoms with Gasteiger partial charge in [-0.05, 0) is 36.6 Å². The van der Waals surface area contributed by atoms with E-state index in [1.165, 1.54) is 42.6 Å². The van der Waals surface area contributed by atoms with E-state index >= 15 is 0 Å². The summed E-state index contributed by atoms with van der Waals surface area (Å²) in [6.07, 6.45) is 0. The summed E-state index contributed by atoms with van der Waals surface area (Å²) in [7, 11) is 2.80. The van der Waals surface area contributed by atoms with Crippen LogP contribution in [0.5, 0.6) is 11.5 Å². The van der Waals surface area contributed by atoms with Crippen molar-refractivity contribution in [2.45, 2.75) is 20.4 Å². The predicted octanol–water partition coefficient (Wildman–Crippen LogP) is 5.69. The summed E-state index contributed by atoms with van der Waals surface area (Å²) in [5.74, 6) is -0.150. The fraction of sp³-hybridized carbons (Fsp3) is 0.200. The van der Waals surface area contributed by atoms with Gasteiger partial charge in [0.1, 0.15) is 5.56 Å². The number of hydrogen-bond donors (Lipinski definition) is 0. The fourth-order valence-corrected chi connectivity index (χ4v) is 4.82. The quantitative estimate of drug-likeness (QED) is 0.251. The van der Waals surface area contributed by atoms with Gasteiger partial charge in [0, 0.05) is 6.07 Å². The van der Waals surface area contributed by atoms with Gasteiger partial charge >= 0.3 is 0 Å². The standard InChI is InChI=1S/C25H23N3O5S/c1-15-10-16(2)23-19(11-15)26-25(34-23)27(14-17-8-6-5-7-9-17)24(29)18-12-21(32-3)22(33-4)13-20(18)28(30)31/h5-13H,14H2,1-4H3. The average Bonchev–Trinajstić information content (AvgIpc) is 3.25. The van der Waals surface area contributed by atoms with Crippen LogP contribution < -0.4 is 14.4 Å². The highest BCUT2D eigenvalue weighted by Crippen LogP contribution is 2.38. The lowest BCUT2D eigenvalue weighted by molar-refractivity contribution is -0.385. The lowest BCUT2D eigenvalue weighted by Crippen LogP contribution is -2.31. The molecule has 0 N–H and O–H groups in total. The van der Waals surface area contributed by atoms with Crippen molar-refractivity contribution in [2.75, 3.05) is 19.1 Å². The zero-order chi connectivity index (χ0) is 24.4. The van der Waals surface area contributed by atoms with Crippen molar-refractivity contribution < 1.29 is 19.2 Å². The maximum Gasteiger partial charge on any atom is 0.286 e. The van der Waals surface area contributed by atoms with Crippen LogP contribution in [0.1, 0.15) is 27.0 Å². The van der Waals surface area contributed by atoms with Crippen molar-refractivity contribution in [1.82, 2.24) is 4.98 Å². The van der Waals surface area contributed by atoms with Gasteiger partial charge in [-0.2, -0.15) is 0 Å². The molecular weight excluding hydrogens is 454 g/mol. The highest BCUT2D eigenvalue weighted by atomic mass is 32.1. The topological polar surface area (TPSA) is 94.8 Å². The Kier molecular flexibility index (Phi) is 6.47. The van der Waals surface area contributed by atoms with Crippen LogP contribution in [0.25, 0.3) is 10.2 Å². The van der Waals surface area contributed by atoms with Crippen LogP contribution in [0, 0.1) is 24.0 Å². The molecule has 3 aromatic carbocycles. The Hall–Kier alpha value is -3.98. The summed E-state index contributed by atoms with van der Waals surface area (Å²) < 4.78 is 11.5. The van der Waals surface area contributed by atoms with Crippen molar-refractivity contribution in [3.8, 4) is 11.5 Å². The van der Waals surface area contributed by atoms with E-state index in [2.05, 4.69) is 6.07 Å². The van der Waals surface area contributed by atoms with E-state index in [1.807, 2.05) is 50.2 Å². The minimum atomic E-state index is -0.595. The molecule has 0 saturated heterocycles. The molecule has 8 nitrogen and oxygen atoms in total. The second kappa shape index (κ2) is 9.48. The molecule has 1 aromatic heterocycles. The fourth-order valence-electron chi connectivity index (χ4n) is 3.81. The largest absolute Gasteiger partial charge is 0.493 e. The third-order valence-electron chi connectivity index (χ3n) is 5.40. The van der Waals surface area contributed by atoms with Gasteiger partial charge < -0.3 is 9.47 Å². The molecule has 4 aromatic rings. The molecule has 0 atom stereocenters. The van der Waals surface area contributed by atoms with Crippen molar-refractivity contribution in [3.05, 3.63) is 87.0 Å². The number of anilines is 1. The predicted molar refractivity (Wildman–Crippen MR) is 132 cm³/mol. The number of rotatable bonds is 7. The molecule has 9 heteroatoms. The normalized spacial score (nSPS) is 10.8. The summed E-state index contributed by atoms with van der Waals surface area (Å²) in [5, 5.41) is 12.3. The highest BCUT2D eigenvalue weighted by Gasteiger charge is 2.30. The van der Waals surface area contributed by atoms with Gasteiger partial charge in [-0.15, -0.1) is 0 Å². The number of amides is 1.